The van der Waals surface area contributed by atoms with Crippen LogP contribution < -0.4 is 5.32 Å². The van der Waals surface area contributed by atoms with E-state index in [4.69, 9.17) is 11.2 Å². The molecule has 0 saturated carbocycles. The van der Waals surface area contributed by atoms with E-state index in [0.29, 0.717) is 6.61 Å². The fourth-order valence-electron chi connectivity index (χ4n) is 2.10. The first-order valence-electron chi connectivity index (χ1n) is 6.55. The molecule has 1 aromatic carbocycles. The van der Waals surface area contributed by atoms with Crippen LogP contribution in [0.3, 0.4) is 0 Å². The van der Waals surface area contributed by atoms with Gasteiger partial charge in [-0.25, -0.2) is 4.79 Å². The summed E-state index contributed by atoms with van der Waals surface area (Å²) in [6, 6.07) is 6.91. The van der Waals surface area contributed by atoms with Crippen LogP contribution in [0.4, 0.5) is 0 Å². The normalized spacial score (nSPS) is 11.9. The monoisotopic (exact) mass is 346 g/mol. The molecule has 1 atom stereocenters. The second-order valence-corrected chi connectivity index (χ2v) is 5.16. The van der Waals surface area contributed by atoms with E-state index in [1.54, 1.807) is 13.1 Å². The number of aromatic nitrogens is 1. The zero-order valence-corrected chi connectivity index (χ0v) is 13.2. The van der Waals surface area contributed by atoms with E-state index in [2.05, 4.69) is 32.2 Å². The average Bonchev–Trinajstić information content (AvgIpc) is 2.50. The van der Waals surface area contributed by atoms with E-state index >= 15 is 0 Å². The van der Waals surface area contributed by atoms with Gasteiger partial charge in [-0.2, -0.15) is 0 Å². The molecule has 0 aliphatic rings. The Hall–Kier alpha value is -1.90. The number of nitrogens with zero attached hydrogens (tertiary/aromatic N) is 1. The number of benzene rings is 1. The van der Waals surface area contributed by atoms with Crippen molar-refractivity contribution in [2.24, 2.45) is 0 Å². The van der Waals surface area contributed by atoms with Crippen molar-refractivity contribution in [3.63, 3.8) is 0 Å². The molecular formula is C16H15BrN2O2. The summed E-state index contributed by atoms with van der Waals surface area (Å²) in [6.45, 7) is 2.36. The zero-order chi connectivity index (χ0) is 15.2. The second kappa shape index (κ2) is 7.21. The molecule has 2 aromatic rings. The fraction of sp³-hybridized carbons (Fsp3) is 0.250. The molecule has 0 bridgehead atoms. The first kappa shape index (κ1) is 15.5. The summed E-state index contributed by atoms with van der Waals surface area (Å²) >= 11 is 3.49. The topological polar surface area (TPSA) is 51.2 Å². The maximum Gasteiger partial charge on any atom is 0.327 e. The molecule has 2 rings (SSSR count). The Morgan fingerprint density at radius 1 is 1.52 bits per heavy atom. The highest BCUT2D eigenvalue weighted by molar-refractivity contribution is 9.10. The Kier molecular flexibility index (Phi) is 5.32. The lowest BCUT2D eigenvalue weighted by Crippen LogP contribution is -2.30. The summed E-state index contributed by atoms with van der Waals surface area (Å²) in [4.78, 5) is 16.6. The van der Waals surface area contributed by atoms with Crippen LogP contribution in [0, 0.1) is 12.3 Å². The summed E-state index contributed by atoms with van der Waals surface area (Å²) in [6.07, 6.45) is 6.97. The van der Waals surface area contributed by atoms with E-state index in [1.165, 1.54) is 0 Å². The Balaban J connectivity index is 2.52. The van der Waals surface area contributed by atoms with Gasteiger partial charge < -0.3 is 4.74 Å². The van der Waals surface area contributed by atoms with E-state index < -0.39 is 6.04 Å². The molecule has 0 aliphatic heterocycles. The Bertz CT molecular complexity index is 694. The predicted molar refractivity (Wildman–Crippen MR) is 85.7 cm³/mol. The van der Waals surface area contributed by atoms with Crippen molar-refractivity contribution in [3.05, 3.63) is 40.5 Å². The molecule has 0 fully saturated rings. The van der Waals surface area contributed by atoms with Gasteiger partial charge in [-0.15, -0.1) is 6.42 Å². The van der Waals surface area contributed by atoms with Gasteiger partial charge in [0.15, 0.2) is 0 Å². The second-order valence-electron chi connectivity index (χ2n) is 4.31. The van der Waals surface area contributed by atoms with Crippen molar-refractivity contribution < 1.29 is 9.53 Å². The molecule has 1 heterocycles. The average molecular weight is 347 g/mol. The standard InChI is InChI=1S/C16H15BrN2O2/c1-3-9-18-15(16(20)21-4-2)12-7-8-13(17)11-6-5-10-19-14(11)12/h1,5-8,10,15,18H,4,9H2,2H3. The van der Waals surface area contributed by atoms with Crippen LogP contribution in [-0.2, 0) is 9.53 Å². The molecule has 1 N–H and O–H groups in total. The Morgan fingerprint density at radius 3 is 3.05 bits per heavy atom. The molecule has 1 unspecified atom stereocenters. The van der Waals surface area contributed by atoms with E-state index in [9.17, 15) is 4.79 Å². The first-order valence-corrected chi connectivity index (χ1v) is 7.35. The molecule has 0 saturated heterocycles. The molecule has 0 amide bonds. The number of pyridine rings is 1. The number of nitrogens with one attached hydrogen (secondary N) is 1. The van der Waals surface area contributed by atoms with Crippen LogP contribution in [0.25, 0.3) is 10.9 Å². The van der Waals surface area contributed by atoms with Crippen molar-refractivity contribution in [1.82, 2.24) is 10.3 Å². The third kappa shape index (κ3) is 3.41. The molecule has 4 nitrogen and oxygen atoms in total. The lowest BCUT2D eigenvalue weighted by atomic mass is 10.0. The van der Waals surface area contributed by atoms with Gasteiger partial charge in [0.05, 0.1) is 18.7 Å². The minimum absolute atomic E-state index is 0.272. The molecule has 1 aromatic heterocycles. The quantitative estimate of drug-likeness (QED) is 0.668. The Morgan fingerprint density at radius 2 is 2.33 bits per heavy atom. The molecule has 108 valence electrons. The zero-order valence-electron chi connectivity index (χ0n) is 11.6. The van der Waals surface area contributed by atoms with Crippen LogP contribution in [0.5, 0.6) is 0 Å². The highest BCUT2D eigenvalue weighted by atomic mass is 79.9. The van der Waals surface area contributed by atoms with Gasteiger partial charge in [-0.05, 0) is 19.1 Å². The molecule has 5 heteroatoms. The smallest absolute Gasteiger partial charge is 0.327 e. The van der Waals surface area contributed by atoms with Gasteiger partial charge >= 0.3 is 5.97 Å². The number of ether oxygens (including phenoxy) is 1. The lowest BCUT2D eigenvalue weighted by molar-refractivity contribution is -0.145. The highest BCUT2D eigenvalue weighted by Crippen LogP contribution is 2.29. The van der Waals surface area contributed by atoms with Crippen molar-refractivity contribution >= 4 is 32.8 Å². The van der Waals surface area contributed by atoms with Crippen LogP contribution >= 0.6 is 15.9 Å². The highest BCUT2D eigenvalue weighted by Gasteiger charge is 2.24. The van der Waals surface area contributed by atoms with Gasteiger partial charge in [-0.3, -0.25) is 10.3 Å². The Labute approximate surface area is 132 Å². The minimum atomic E-state index is -0.633. The number of carbonyl (C=O) groups excluding carboxylic acids is 1. The van der Waals surface area contributed by atoms with Crippen molar-refractivity contribution in [2.45, 2.75) is 13.0 Å². The number of terminal acetylenes is 1. The number of fused-ring (bicyclic) bond motifs is 1. The summed E-state index contributed by atoms with van der Waals surface area (Å²) in [5.74, 6) is 2.12. The van der Waals surface area contributed by atoms with Crippen LogP contribution in [-0.4, -0.2) is 24.1 Å². The molecular weight excluding hydrogens is 332 g/mol. The predicted octanol–water partition coefficient (Wildman–Crippen LogP) is 2.82. The minimum Gasteiger partial charge on any atom is -0.465 e. The van der Waals surface area contributed by atoms with Crippen LogP contribution in [0.1, 0.15) is 18.5 Å². The van der Waals surface area contributed by atoms with Gasteiger partial charge in [0.1, 0.15) is 6.04 Å². The summed E-state index contributed by atoms with van der Waals surface area (Å²) in [5, 5.41) is 3.95. The SMILES string of the molecule is C#CCNC(C(=O)OCC)c1ccc(Br)c2cccnc12. The van der Waals surface area contributed by atoms with Gasteiger partial charge in [0.25, 0.3) is 0 Å². The maximum absolute atomic E-state index is 12.2. The summed E-state index contributed by atoms with van der Waals surface area (Å²) in [5.41, 5.74) is 1.50. The summed E-state index contributed by atoms with van der Waals surface area (Å²) in [7, 11) is 0. The first-order chi connectivity index (χ1) is 10.2. The number of rotatable bonds is 5. The largest absolute Gasteiger partial charge is 0.465 e. The number of carbonyl (C=O) groups is 1. The third-order valence-electron chi connectivity index (χ3n) is 2.99. The van der Waals surface area contributed by atoms with Crippen LogP contribution in [0.15, 0.2) is 34.9 Å². The van der Waals surface area contributed by atoms with Crippen molar-refractivity contribution in [1.29, 1.82) is 0 Å². The number of hydrogen-bond acceptors (Lipinski definition) is 4. The van der Waals surface area contributed by atoms with E-state index in [-0.39, 0.29) is 12.5 Å². The number of halogens is 1. The number of hydrogen-bond donors (Lipinski definition) is 1. The van der Waals surface area contributed by atoms with Gasteiger partial charge in [0.2, 0.25) is 0 Å². The fourth-order valence-corrected chi connectivity index (χ4v) is 2.55. The molecule has 0 aliphatic carbocycles. The summed E-state index contributed by atoms with van der Waals surface area (Å²) < 4.78 is 6.05. The van der Waals surface area contributed by atoms with Gasteiger partial charge in [-0.1, -0.05) is 34.0 Å². The lowest BCUT2D eigenvalue weighted by Gasteiger charge is -2.18. The van der Waals surface area contributed by atoms with Crippen molar-refractivity contribution in [3.8, 4) is 12.3 Å². The van der Waals surface area contributed by atoms with E-state index in [1.807, 2.05) is 24.3 Å². The molecule has 21 heavy (non-hydrogen) atoms. The molecule has 0 radical (unpaired) electrons. The number of esters is 1. The van der Waals surface area contributed by atoms with Gasteiger partial charge in [0, 0.05) is 21.6 Å². The molecule has 0 spiro atoms. The third-order valence-corrected chi connectivity index (χ3v) is 3.68. The maximum atomic E-state index is 12.2. The van der Waals surface area contributed by atoms with Crippen LogP contribution in [0.2, 0.25) is 0 Å². The van der Waals surface area contributed by atoms with Crippen molar-refractivity contribution in [2.75, 3.05) is 13.2 Å². The van der Waals surface area contributed by atoms with E-state index in [0.717, 1.165) is 20.9 Å².